The van der Waals surface area contributed by atoms with Gasteiger partial charge in [0, 0.05) is 36.8 Å². The average molecular weight is 453 g/mol. The van der Waals surface area contributed by atoms with Crippen LogP contribution in [0.1, 0.15) is 50.4 Å². The molecule has 0 N–H and O–H groups in total. The van der Waals surface area contributed by atoms with Crippen LogP contribution in [0.3, 0.4) is 0 Å². The number of aromatic nitrogens is 2. The van der Waals surface area contributed by atoms with Gasteiger partial charge in [-0.05, 0) is 58.8 Å². The zero-order chi connectivity index (χ0) is 23.5. The number of carbonyl (C=O) groups is 1. The Balaban J connectivity index is 1.61. The molecule has 9 heteroatoms. The van der Waals surface area contributed by atoms with E-state index in [0.29, 0.717) is 44.0 Å². The summed E-state index contributed by atoms with van der Waals surface area (Å²) in [4.78, 5) is 23.4. The van der Waals surface area contributed by atoms with Gasteiger partial charge in [-0.3, -0.25) is 14.7 Å². The third kappa shape index (κ3) is 6.25. The number of benzene rings is 1. The molecule has 0 aliphatic carbocycles. The monoisotopic (exact) mass is 453 g/mol. The van der Waals surface area contributed by atoms with E-state index in [1.165, 1.54) is 0 Å². The Morgan fingerprint density at radius 3 is 2.41 bits per heavy atom. The predicted octanol–water partition coefficient (Wildman–Crippen LogP) is 4.84. The molecule has 1 saturated heterocycles. The third-order valence-electron chi connectivity index (χ3n) is 5.33. The maximum absolute atomic E-state index is 14.1. The number of hydrogen-bond acceptors (Lipinski definition) is 5. The van der Waals surface area contributed by atoms with Crippen molar-refractivity contribution in [1.29, 1.82) is 0 Å². The fourth-order valence-electron chi connectivity index (χ4n) is 3.79. The van der Waals surface area contributed by atoms with Crippen molar-refractivity contribution in [2.75, 3.05) is 13.1 Å². The van der Waals surface area contributed by atoms with E-state index in [4.69, 9.17) is 4.74 Å². The molecule has 1 aromatic carbocycles. The first kappa shape index (κ1) is 24.1. The largest absolute Gasteiger partial charge is 0.471 e. The summed E-state index contributed by atoms with van der Waals surface area (Å²) in [6.45, 7) is 7.40. The maximum atomic E-state index is 14.1. The number of hydrogen-bond donors (Lipinski definition) is 0. The molecule has 174 valence electrons. The topological polar surface area (TPSA) is 55.3 Å². The van der Waals surface area contributed by atoms with E-state index in [1.54, 1.807) is 12.4 Å². The minimum Gasteiger partial charge on any atom is -0.471 e. The first-order valence-electron chi connectivity index (χ1n) is 10.5. The molecule has 32 heavy (non-hydrogen) atoms. The van der Waals surface area contributed by atoms with Gasteiger partial charge in [0.1, 0.15) is 22.9 Å². The van der Waals surface area contributed by atoms with E-state index in [1.807, 2.05) is 20.8 Å². The van der Waals surface area contributed by atoms with Crippen LogP contribution >= 0.6 is 0 Å². The van der Waals surface area contributed by atoms with Crippen molar-refractivity contribution in [1.82, 2.24) is 14.9 Å². The highest BCUT2D eigenvalue weighted by Crippen LogP contribution is 2.34. The van der Waals surface area contributed by atoms with Gasteiger partial charge in [-0.15, -0.1) is 0 Å². The van der Waals surface area contributed by atoms with Gasteiger partial charge < -0.3 is 4.74 Å². The molecule has 0 saturated carbocycles. The Morgan fingerprint density at radius 2 is 1.78 bits per heavy atom. The Morgan fingerprint density at radius 1 is 1.12 bits per heavy atom. The van der Waals surface area contributed by atoms with Crippen LogP contribution in [-0.2, 0) is 23.9 Å². The molecule has 1 aliphatic rings. The van der Waals surface area contributed by atoms with E-state index < -0.39 is 41.1 Å². The third-order valence-corrected chi connectivity index (χ3v) is 5.33. The highest BCUT2D eigenvalue weighted by molar-refractivity contribution is 5.83. The maximum Gasteiger partial charge on any atom is 0.416 e. The smallest absolute Gasteiger partial charge is 0.416 e. The second kappa shape index (κ2) is 9.52. The SMILES string of the molecule is CC(C)(C)Oc1nccnc1CN1CCC(C(=O)Cc2c(F)cccc2C(F)(F)F)CC1. The van der Waals surface area contributed by atoms with Crippen LogP contribution in [0.5, 0.6) is 5.88 Å². The fraction of sp³-hybridized carbons (Fsp3) is 0.522. The lowest BCUT2D eigenvalue weighted by molar-refractivity contribution is -0.138. The molecule has 1 aliphatic heterocycles. The van der Waals surface area contributed by atoms with Crippen molar-refractivity contribution in [3.8, 4) is 5.88 Å². The van der Waals surface area contributed by atoms with Gasteiger partial charge in [0.15, 0.2) is 0 Å². The Kier molecular flexibility index (Phi) is 7.17. The van der Waals surface area contributed by atoms with Crippen molar-refractivity contribution in [3.05, 3.63) is 53.2 Å². The van der Waals surface area contributed by atoms with Crippen molar-refractivity contribution < 1.29 is 27.1 Å². The molecule has 1 aromatic heterocycles. The molecule has 0 radical (unpaired) electrons. The Labute approximate surface area is 184 Å². The van der Waals surface area contributed by atoms with Crippen LogP contribution in [0.15, 0.2) is 30.6 Å². The van der Waals surface area contributed by atoms with E-state index >= 15 is 0 Å². The zero-order valence-corrected chi connectivity index (χ0v) is 18.4. The molecule has 0 spiro atoms. The van der Waals surface area contributed by atoms with Gasteiger partial charge in [0.25, 0.3) is 0 Å². The lowest BCUT2D eigenvalue weighted by atomic mass is 9.88. The summed E-state index contributed by atoms with van der Waals surface area (Å²) >= 11 is 0. The van der Waals surface area contributed by atoms with Crippen molar-refractivity contribution in [3.63, 3.8) is 0 Å². The number of ether oxygens (including phenoxy) is 1. The number of ketones is 1. The van der Waals surface area contributed by atoms with E-state index in [9.17, 15) is 22.4 Å². The predicted molar refractivity (Wildman–Crippen MR) is 111 cm³/mol. The summed E-state index contributed by atoms with van der Waals surface area (Å²) in [5.41, 5.74) is -1.40. The van der Waals surface area contributed by atoms with Gasteiger partial charge in [-0.2, -0.15) is 13.2 Å². The molecule has 1 fully saturated rings. The van der Waals surface area contributed by atoms with E-state index in [-0.39, 0.29) is 5.78 Å². The number of rotatable bonds is 6. The van der Waals surface area contributed by atoms with Gasteiger partial charge in [0.05, 0.1) is 5.56 Å². The summed E-state index contributed by atoms with van der Waals surface area (Å²) in [6, 6.07) is 2.78. The fourth-order valence-corrected chi connectivity index (χ4v) is 3.79. The number of nitrogens with zero attached hydrogens (tertiary/aromatic N) is 3. The Bertz CT molecular complexity index is 949. The first-order chi connectivity index (χ1) is 14.9. The molecule has 3 rings (SSSR count). The number of likely N-dealkylation sites (tertiary alicyclic amines) is 1. The van der Waals surface area contributed by atoms with Crippen molar-refractivity contribution in [2.45, 2.75) is 58.4 Å². The summed E-state index contributed by atoms with van der Waals surface area (Å²) in [5.74, 6) is -1.31. The number of halogens is 4. The number of piperidine rings is 1. The van der Waals surface area contributed by atoms with Crippen LogP contribution in [-0.4, -0.2) is 39.3 Å². The molecule has 5 nitrogen and oxygen atoms in total. The minimum absolute atomic E-state index is 0.364. The molecule has 0 atom stereocenters. The van der Waals surface area contributed by atoms with Crippen LogP contribution < -0.4 is 4.74 Å². The summed E-state index contributed by atoms with van der Waals surface area (Å²) < 4.78 is 59.6. The van der Waals surface area contributed by atoms with Crippen LogP contribution in [0.2, 0.25) is 0 Å². The van der Waals surface area contributed by atoms with Gasteiger partial charge in [-0.1, -0.05) is 6.07 Å². The number of Topliss-reactive ketones (excluding diaryl/α,β-unsaturated/α-hetero) is 1. The molecule has 2 heterocycles. The second-order valence-corrected chi connectivity index (χ2v) is 8.98. The quantitative estimate of drug-likeness (QED) is 0.586. The van der Waals surface area contributed by atoms with Gasteiger partial charge in [0.2, 0.25) is 5.88 Å². The van der Waals surface area contributed by atoms with Crippen molar-refractivity contribution in [2.24, 2.45) is 5.92 Å². The number of carbonyl (C=O) groups excluding carboxylic acids is 1. The molecular weight excluding hydrogens is 426 g/mol. The van der Waals surface area contributed by atoms with Crippen LogP contribution in [0, 0.1) is 11.7 Å². The molecule has 0 amide bonds. The first-order valence-corrected chi connectivity index (χ1v) is 10.5. The minimum atomic E-state index is -4.70. The molecular formula is C23H27F4N3O2. The lowest BCUT2D eigenvalue weighted by Gasteiger charge is -2.31. The summed E-state index contributed by atoms with van der Waals surface area (Å²) in [6.07, 6.45) is -1.12. The average Bonchev–Trinajstić information content (AvgIpc) is 2.69. The molecule has 0 bridgehead atoms. The normalized spacial score (nSPS) is 16.2. The lowest BCUT2D eigenvalue weighted by Crippen LogP contribution is -2.37. The summed E-state index contributed by atoms with van der Waals surface area (Å²) in [5, 5.41) is 0. The summed E-state index contributed by atoms with van der Waals surface area (Å²) in [7, 11) is 0. The standard InChI is InChI=1S/C23H27F4N3O2/c1-22(2,3)32-21-19(28-9-10-29-21)14-30-11-7-15(8-12-30)20(31)13-16-17(23(25,26)27)5-4-6-18(16)24/h4-6,9-10,15H,7-8,11-14H2,1-3H3. The van der Waals surface area contributed by atoms with E-state index in [0.717, 1.165) is 18.2 Å². The van der Waals surface area contributed by atoms with E-state index in [2.05, 4.69) is 14.9 Å². The van der Waals surface area contributed by atoms with Crippen LogP contribution in [0.25, 0.3) is 0 Å². The highest BCUT2D eigenvalue weighted by atomic mass is 19.4. The van der Waals surface area contributed by atoms with Gasteiger partial charge in [-0.25, -0.2) is 9.37 Å². The zero-order valence-electron chi connectivity index (χ0n) is 18.4. The highest BCUT2D eigenvalue weighted by Gasteiger charge is 2.36. The second-order valence-electron chi connectivity index (χ2n) is 8.98. The van der Waals surface area contributed by atoms with Gasteiger partial charge >= 0.3 is 6.18 Å². The molecule has 0 unspecified atom stereocenters. The molecule has 2 aromatic rings. The number of alkyl halides is 3. The van der Waals surface area contributed by atoms with Crippen LogP contribution in [0.4, 0.5) is 17.6 Å². The Hall–Kier alpha value is -2.55. The van der Waals surface area contributed by atoms with Crippen molar-refractivity contribution >= 4 is 5.78 Å².